The molecule has 34 heavy (non-hydrogen) atoms. The van der Waals surface area contributed by atoms with Gasteiger partial charge in [0.1, 0.15) is 5.69 Å². The summed E-state index contributed by atoms with van der Waals surface area (Å²) in [6, 6.07) is 14.2. The molecule has 0 saturated heterocycles. The van der Waals surface area contributed by atoms with Gasteiger partial charge in [-0.1, -0.05) is 61.6 Å². The van der Waals surface area contributed by atoms with Crippen LogP contribution in [0.15, 0.2) is 47.8 Å². The number of hydrogen-bond acceptors (Lipinski definition) is 7. The van der Waals surface area contributed by atoms with E-state index in [9.17, 15) is 4.79 Å². The van der Waals surface area contributed by atoms with E-state index in [2.05, 4.69) is 63.5 Å². The number of fused-ring (bicyclic) bond motifs is 1. The number of rotatable bonds is 8. The Morgan fingerprint density at radius 1 is 1.15 bits per heavy atom. The van der Waals surface area contributed by atoms with Gasteiger partial charge in [0.2, 0.25) is 16.0 Å². The third kappa shape index (κ3) is 5.42. The molecule has 0 radical (unpaired) electrons. The van der Waals surface area contributed by atoms with E-state index in [4.69, 9.17) is 10.1 Å². The van der Waals surface area contributed by atoms with Gasteiger partial charge in [-0.15, -0.1) is 16.4 Å². The number of nitrogens with zero attached hydrogens (tertiary/aromatic N) is 4. The van der Waals surface area contributed by atoms with Gasteiger partial charge in [0.15, 0.2) is 5.82 Å². The SMILES string of the molecule is CC(C)[C@H](NC(=O)CN(C)c1nn2c(NC(C)(C)C)c(-c3ccccc3)nc2s1)c1cccs1. The Labute approximate surface area is 208 Å². The van der Waals surface area contributed by atoms with Crippen molar-refractivity contribution in [2.75, 3.05) is 23.8 Å². The molecule has 4 aromatic rings. The van der Waals surface area contributed by atoms with E-state index in [1.807, 2.05) is 46.1 Å². The van der Waals surface area contributed by atoms with Crippen LogP contribution >= 0.6 is 22.7 Å². The molecule has 3 aromatic heterocycles. The zero-order chi connectivity index (χ0) is 24.5. The van der Waals surface area contributed by atoms with Crippen molar-refractivity contribution >= 4 is 44.5 Å². The standard InChI is InChI=1S/C25H32N6OS2/c1-16(2)20(18-13-10-14-33-18)26-19(32)15-30(6)24-29-31-22(28-25(3,4)5)21(27-23(31)34-24)17-11-8-7-9-12-17/h7-14,16,20,28H,15H2,1-6H3,(H,26,32)/t20-/m0/s1. The Morgan fingerprint density at radius 3 is 2.50 bits per heavy atom. The molecule has 1 atom stereocenters. The van der Waals surface area contributed by atoms with Crippen molar-refractivity contribution in [1.82, 2.24) is 19.9 Å². The van der Waals surface area contributed by atoms with E-state index in [0.717, 1.165) is 27.2 Å². The molecule has 0 aliphatic carbocycles. The largest absolute Gasteiger partial charge is 0.364 e. The number of likely N-dealkylation sites (N-methyl/N-ethyl adjacent to an activating group) is 1. The van der Waals surface area contributed by atoms with Gasteiger partial charge >= 0.3 is 0 Å². The van der Waals surface area contributed by atoms with Crippen LogP contribution in [0.25, 0.3) is 16.2 Å². The van der Waals surface area contributed by atoms with Gasteiger partial charge in [0.25, 0.3) is 0 Å². The second-order valence-corrected chi connectivity index (χ2v) is 11.7. The fourth-order valence-electron chi connectivity index (χ4n) is 3.69. The highest BCUT2D eigenvalue weighted by molar-refractivity contribution is 7.20. The summed E-state index contributed by atoms with van der Waals surface area (Å²) < 4.78 is 1.85. The molecule has 1 aromatic carbocycles. The quantitative estimate of drug-likeness (QED) is 0.328. The highest BCUT2D eigenvalue weighted by Gasteiger charge is 2.24. The van der Waals surface area contributed by atoms with Gasteiger partial charge in [0.05, 0.1) is 12.6 Å². The number of amides is 1. The Morgan fingerprint density at radius 2 is 1.88 bits per heavy atom. The Bertz CT molecular complexity index is 1240. The Kier molecular flexibility index (Phi) is 6.95. The minimum absolute atomic E-state index is 0.00512. The highest BCUT2D eigenvalue weighted by atomic mass is 32.1. The van der Waals surface area contributed by atoms with Crippen molar-refractivity contribution in [3.8, 4) is 11.3 Å². The van der Waals surface area contributed by atoms with Crippen LogP contribution < -0.4 is 15.5 Å². The molecule has 0 aliphatic rings. The number of imidazole rings is 1. The van der Waals surface area contributed by atoms with Gasteiger partial charge < -0.3 is 15.5 Å². The first kappa shape index (κ1) is 24.2. The zero-order valence-corrected chi connectivity index (χ0v) is 22.1. The molecule has 7 nitrogen and oxygen atoms in total. The summed E-state index contributed by atoms with van der Waals surface area (Å²) in [6.45, 7) is 10.8. The van der Waals surface area contributed by atoms with Crippen molar-refractivity contribution in [2.24, 2.45) is 5.92 Å². The molecular weight excluding hydrogens is 464 g/mol. The van der Waals surface area contributed by atoms with Crippen LogP contribution in [-0.2, 0) is 4.79 Å². The molecule has 3 heterocycles. The van der Waals surface area contributed by atoms with Crippen molar-refractivity contribution in [3.05, 3.63) is 52.7 Å². The summed E-state index contributed by atoms with van der Waals surface area (Å²) in [5.74, 6) is 1.13. The lowest BCUT2D eigenvalue weighted by atomic mass is 10.0. The van der Waals surface area contributed by atoms with Gasteiger partial charge in [-0.25, -0.2) is 4.98 Å². The molecule has 0 bridgehead atoms. The van der Waals surface area contributed by atoms with Crippen LogP contribution in [0.3, 0.4) is 0 Å². The second-order valence-electron chi connectivity index (χ2n) is 9.79. The number of benzene rings is 1. The number of thiophene rings is 1. The summed E-state index contributed by atoms with van der Waals surface area (Å²) in [4.78, 5) is 21.6. The normalized spacial score (nSPS) is 12.8. The van der Waals surface area contributed by atoms with Crippen LogP contribution in [0, 0.1) is 5.92 Å². The molecule has 0 saturated carbocycles. The molecular formula is C25H32N6OS2. The number of hydrogen-bond donors (Lipinski definition) is 2. The first-order valence-electron chi connectivity index (χ1n) is 11.4. The lowest BCUT2D eigenvalue weighted by Crippen LogP contribution is -2.38. The molecule has 0 spiro atoms. The predicted octanol–water partition coefficient (Wildman–Crippen LogP) is 5.68. The van der Waals surface area contributed by atoms with Crippen LogP contribution in [0.5, 0.6) is 0 Å². The van der Waals surface area contributed by atoms with E-state index >= 15 is 0 Å². The monoisotopic (exact) mass is 496 g/mol. The van der Waals surface area contributed by atoms with Gasteiger partial charge in [-0.2, -0.15) is 4.52 Å². The third-order valence-electron chi connectivity index (χ3n) is 5.27. The predicted molar refractivity (Wildman–Crippen MR) is 143 cm³/mol. The maximum atomic E-state index is 12.9. The summed E-state index contributed by atoms with van der Waals surface area (Å²) in [5.41, 5.74) is 1.74. The number of aromatic nitrogens is 3. The summed E-state index contributed by atoms with van der Waals surface area (Å²) in [7, 11) is 1.89. The zero-order valence-electron chi connectivity index (χ0n) is 20.5. The smallest absolute Gasteiger partial charge is 0.240 e. The van der Waals surface area contributed by atoms with E-state index in [0.29, 0.717) is 5.92 Å². The Hall–Kier alpha value is -2.91. The first-order valence-corrected chi connectivity index (χ1v) is 13.1. The number of nitrogens with one attached hydrogen (secondary N) is 2. The average Bonchev–Trinajstić information content (AvgIpc) is 3.49. The van der Waals surface area contributed by atoms with Crippen LogP contribution in [0.1, 0.15) is 45.5 Å². The molecule has 4 rings (SSSR count). The molecule has 9 heteroatoms. The van der Waals surface area contributed by atoms with Gasteiger partial charge in [0, 0.05) is 23.0 Å². The topological polar surface area (TPSA) is 74.6 Å². The van der Waals surface area contributed by atoms with E-state index in [1.54, 1.807) is 11.3 Å². The summed E-state index contributed by atoms with van der Waals surface area (Å²) in [6.07, 6.45) is 0. The first-order chi connectivity index (χ1) is 16.1. The lowest BCUT2D eigenvalue weighted by Gasteiger charge is -2.23. The molecule has 0 unspecified atom stereocenters. The number of anilines is 2. The van der Waals surface area contributed by atoms with Crippen molar-refractivity contribution in [2.45, 2.75) is 46.2 Å². The fourth-order valence-corrected chi connectivity index (χ4v) is 5.50. The van der Waals surface area contributed by atoms with E-state index < -0.39 is 0 Å². The maximum Gasteiger partial charge on any atom is 0.240 e. The lowest BCUT2D eigenvalue weighted by molar-refractivity contribution is -0.120. The molecule has 180 valence electrons. The minimum atomic E-state index is -0.164. The van der Waals surface area contributed by atoms with Crippen LogP contribution in [-0.4, -0.2) is 39.6 Å². The van der Waals surface area contributed by atoms with E-state index in [1.165, 1.54) is 16.2 Å². The van der Waals surface area contributed by atoms with Gasteiger partial charge in [-0.3, -0.25) is 4.79 Å². The summed E-state index contributed by atoms with van der Waals surface area (Å²) in [5, 5.41) is 14.4. The van der Waals surface area contributed by atoms with Crippen molar-refractivity contribution < 1.29 is 4.79 Å². The molecule has 0 fully saturated rings. The Balaban J connectivity index is 1.57. The second kappa shape index (κ2) is 9.76. The fraction of sp³-hybridized carbons (Fsp3) is 0.400. The highest BCUT2D eigenvalue weighted by Crippen LogP contribution is 2.34. The van der Waals surface area contributed by atoms with E-state index in [-0.39, 0.29) is 24.0 Å². The van der Waals surface area contributed by atoms with Crippen molar-refractivity contribution in [1.29, 1.82) is 0 Å². The molecule has 1 amide bonds. The van der Waals surface area contributed by atoms with Crippen LogP contribution in [0.4, 0.5) is 10.9 Å². The maximum absolute atomic E-state index is 12.9. The average molecular weight is 497 g/mol. The minimum Gasteiger partial charge on any atom is -0.364 e. The number of carbonyl (C=O) groups is 1. The number of carbonyl (C=O) groups excluding carboxylic acids is 1. The third-order valence-corrected chi connectivity index (χ3v) is 7.25. The van der Waals surface area contributed by atoms with Gasteiger partial charge in [-0.05, 0) is 38.1 Å². The summed E-state index contributed by atoms with van der Waals surface area (Å²) >= 11 is 3.14. The van der Waals surface area contributed by atoms with Crippen LogP contribution in [0.2, 0.25) is 0 Å². The van der Waals surface area contributed by atoms with Crippen molar-refractivity contribution in [3.63, 3.8) is 0 Å². The molecule has 2 N–H and O–H groups in total. The molecule has 0 aliphatic heterocycles.